The van der Waals surface area contributed by atoms with Gasteiger partial charge < -0.3 is 25.0 Å². The molecule has 1 fully saturated rings. The van der Waals surface area contributed by atoms with Crippen LogP contribution in [0.15, 0.2) is 0 Å². The van der Waals surface area contributed by atoms with Crippen molar-refractivity contribution in [3.63, 3.8) is 0 Å². The van der Waals surface area contributed by atoms with E-state index in [-0.39, 0.29) is 6.03 Å². The molecule has 0 radical (unpaired) electrons. The number of alkyl carbamates (subject to hydrolysis) is 1. The Hall–Kier alpha value is -1.50. The summed E-state index contributed by atoms with van der Waals surface area (Å²) in [4.78, 5) is 24.7. The van der Waals surface area contributed by atoms with Crippen LogP contribution in [-0.2, 0) is 9.47 Å². The van der Waals surface area contributed by atoms with Gasteiger partial charge in [0.25, 0.3) is 0 Å². The van der Waals surface area contributed by atoms with Crippen molar-refractivity contribution in [2.24, 2.45) is 0 Å². The SMILES string of the molecule is CC(C)(C)OC(=O)NCCNC(=O)N1CCOCC1. The van der Waals surface area contributed by atoms with Crippen LogP contribution in [0.4, 0.5) is 9.59 Å². The number of carbonyl (C=O) groups is 2. The lowest BCUT2D eigenvalue weighted by Gasteiger charge is -2.27. The molecule has 0 aromatic rings. The number of nitrogens with one attached hydrogen (secondary N) is 2. The number of amides is 3. The zero-order chi connectivity index (χ0) is 14.3. The van der Waals surface area contributed by atoms with E-state index in [1.165, 1.54) is 0 Å². The topological polar surface area (TPSA) is 79.9 Å². The molecule has 7 nitrogen and oxygen atoms in total. The summed E-state index contributed by atoms with van der Waals surface area (Å²) in [5, 5.41) is 5.31. The fourth-order valence-corrected chi connectivity index (χ4v) is 1.53. The van der Waals surface area contributed by atoms with Gasteiger partial charge in [0.05, 0.1) is 13.2 Å². The largest absolute Gasteiger partial charge is 0.444 e. The molecule has 3 amide bonds. The minimum absolute atomic E-state index is 0.130. The van der Waals surface area contributed by atoms with E-state index in [4.69, 9.17) is 9.47 Å². The zero-order valence-corrected chi connectivity index (χ0v) is 11.8. The highest BCUT2D eigenvalue weighted by Crippen LogP contribution is 2.05. The molecular weight excluding hydrogens is 250 g/mol. The third-order valence-electron chi connectivity index (χ3n) is 2.37. The standard InChI is InChI=1S/C12H23N3O4/c1-12(2,3)19-11(17)14-5-4-13-10(16)15-6-8-18-9-7-15/h4-9H2,1-3H3,(H,13,16)(H,14,17). The summed E-state index contributed by atoms with van der Waals surface area (Å²) in [6, 6.07) is -0.130. The van der Waals surface area contributed by atoms with Crippen LogP contribution < -0.4 is 10.6 Å². The van der Waals surface area contributed by atoms with Crippen molar-refractivity contribution in [3.05, 3.63) is 0 Å². The van der Waals surface area contributed by atoms with Gasteiger partial charge in [0.2, 0.25) is 0 Å². The van der Waals surface area contributed by atoms with Crippen LogP contribution in [0.2, 0.25) is 0 Å². The van der Waals surface area contributed by atoms with Gasteiger partial charge in [-0.05, 0) is 20.8 Å². The second-order valence-corrected chi connectivity index (χ2v) is 5.26. The lowest BCUT2D eigenvalue weighted by atomic mass is 10.2. The third kappa shape index (κ3) is 6.85. The van der Waals surface area contributed by atoms with E-state index in [9.17, 15) is 9.59 Å². The minimum Gasteiger partial charge on any atom is -0.444 e. The van der Waals surface area contributed by atoms with Crippen molar-refractivity contribution in [2.45, 2.75) is 26.4 Å². The Morgan fingerprint density at radius 3 is 2.32 bits per heavy atom. The Balaban J connectivity index is 2.10. The van der Waals surface area contributed by atoms with E-state index in [2.05, 4.69) is 10.6 Å². The van der Waals surface area contributed by atoms with Gasteiger partial charge in [-0.15, -0.1) is 0 Å². The van der Waals surface area contributed by atoms with Crippen molar-refractivity contribution in [3.8, 4) is 0 Å². The minimum atomic E-state index is -0.513. The molecule has 0 bridgehead atoms. The fraction of sp³-hybridized carbons (Fsp3) is 0.833. The first-order valence-corrected chi connectivity index (χ1v) is 6.46. The summed E-state index contributed by atoms with van der Waals surface area (Å²) in [7, 11) is 0. The number of urea groups is 1. The Morgan fingerprint density at radius 2 is 1.74 bits per heavy atom. The van der Waals surface area contributed by atoms with Gasteiger partial charge in [0.1, 0.15) is 5.60 Å². The van der Waals surface area contributed by atoms with Gasteiger partial charge in [-0.2, -0.15) is 0 Å². The normalized spacial score (nSPS) is 15.8. The van der Waals surface area contributed by atoms with Gasteiger partial charge in [0.15, 0.2) is 0 Å². The van der Waals surface area contributed by atoms with E-state index >= 15 is 0 Å². The van der Waals surface area contributed by atoms with Gasteiger partial charge in [-0.1, -0.05) is 0 Å². The molecule has 0 aromatic carbocycles. The average Bonchev–Trinajstić information content (AvgIpc) is 2.33. The van der Waals surface area contributed by atoms with Gasteiger partial charge in [-0.25, -0.2) is 9.59 Å². The molecular formula is C12H23N3O4. The summed E-state index contributed by atoms with van der Waals surface area (Å²) in [5.41, 5.74) is -0.513. The molecule has 0 atom stereocenters. The first-order valence-electron chi connectivity index (χ1n) is 6.46. The van der Waals surface area contributed by atoms with Crippen molar-refractivity contribution < 1.29 is 19.1 Å². The third-order valence-corrected chi connectivity index (χ3v) is 2.37. The van der Waals surface area contributed by atoms with E-state index in [1.807, 2.05) is 0 Å². The highest BCUT2D eigenvalue weighted by atomic mass is 16.6. The van der Waals surface area contributed by atoms with Crippen LogP contribution >= 0.6 is 0 Å². The van der Waals surface area contributed by atoms with E-state index in [1.54, 1.807) is 25.7 Å². The van der Waals surface area contributed by atoms with Crippen LogP contribution in [0.3, 0.4) is 0 Å². The molecule has 1 aliphatic rings. The van der Waals surface area contributed by atoms with Crippen molar-refractivity contribution in [1.82, 2.24) is 15.5 Å². The van der Waals surface area contributed by atoms with Gasteiger partial charge in [0, 0.05) is 26.2 Å². The van der Waals surface area contributed by atoms with Gasteiger partial charge >= 0.3 is 12.1 Å². The Kier molecular flexibility index (Phi) is 5.88. The van der Waals surface area contributed by atoms with E-state index in [0.717, 1.165) is 0 Å². The highest BCUT2D eigenvalue weighted by molar-refractivity contribution is 5.74. The Morgan fingerprint density at radius 1 is 1.16 bits per heavy atom. The summed E-state index contributed by atoms with van der Waals surface area (Å²) < 4.78 is 10.2. The monoisotopic (exact) mass is 273 g/mol. The number of hydrogen-bond acceptors (Lipinski definition) is 4. The number of carbonyl (C=O) groups excluding carboxylic acids is 2. The summed E-state index contributed by atoms with van der Waals surface area (Å²) in [5.74, 6) is 0. The maximum atomic E-state index is 11.7. The molecule has 0 aliphatic carbocycles. The molecule has 1 aliphatic heterocycles. The van der Waals surface area contributed by atoms with Crippen LogP contribution in [0.5, 0.6) is 0 Å². The number of ether oxygens (including phenoxy) is 2. The number of nitrogens with zero attached hydrogens (tertiary/aromatic N) is 1. The molecule has 0 aromatic heterocycles. The summed E-state index contributed by atoms with van der Waals surface area (Å²) in [6.07, 6.45) is -0.479. The zero-order valence-electron chi connectivity index (χ0n) is 11.8. The van der Waals surface area contributed by atoms with E-state index < -0.39 is 11.7 Å². The van der Waals surface area contributed by atoms with Crippen molar-refractivity contribution in [2.75, 3.05) is 39.4 Å². The van der Waals surface area contributed by atoms with Crippen molar-refractivity contribution in [1.29, 1.82) is 0 Å². The van der Waals surface area contributed by atoms with Gasteiger partial charge in [-0.3, -0.25) is 0 Å². The molecule has 7 heteroatoms. The molecule has 1 saturated heterocycles. The molecule has 0 unspecified atom stereocenters. The second kappa shape index (κ2) is 7.18. The number of morpholine rings is 1. The summed E-state index contributed by atoms with van der Waals surface area (Å²) >= 11 is 0. The van der Waals surface area contributed by atoms with Crippen LogP contribution in [0.25, 0.3) is 0 Å². The molecule has 19 heavy (non-hydrogen) atoms. The van der Waals surface area contributed by atoms with Crippen molar-refractivity contribution >= 4 is 12.1 Å². The Bertz CT molecular complexity index is 309. The predicted molar refractivity (Wildman–Crippen MR) is 70.0 cm³/mol. The molecule has 2 N–H and O–H groups in total. The number of hydrogen-bond donors (Lipinski definition) is 2. The van der Waals surface area contributed by atoms with Crippen LogP contribution in [0, 0.1) is 0 Å². The quantitative estimate of drug-likeness (QED) is 0.736. The summed E-state index contributed by atoms with van der Waals surface area (Å²) in [6.45, 7) is 8.45. The molecule has 0 spiro atoms. The first-order chi connectivity index (χ1) is 8.88. The number of rotatable bonds is 3. The molecule has 1 rings (SSSR count). The Labute approximate surface area is 113 Å². The maximum Gasteiger partial charge on any atom is 0.407 e. The highest BCUT2D eigenvalue weighted by Gasteiger charge is 2.17. The molecule has 0 saturated carbocycles. The van der Waals surface area contributed by atoms with Crippen LogP contribution in [-0.4, -0.2) is 62.0 Å². The molecule has 110 valence electrons. The average molecular weight is 273 g/mol. The fourth-order valence-electron chi connectivity index (χ4n) is 1.53. The van der Waals surface area contributed by atoms with Crippen LogP contribution in [0.1, 0.15) is 20.8 Å². The lowest BCUT2D eigenvalue weighted by molar-refractivity contribution is 0.0514. The second-order valence-electron chi connectivity index (χ2n) is 5.26. The lowest BCUT2D eigenvalue weighted by Crippen LogP contribution is -2.47. The maximum absolute atomic E-state index is 11.7. The van der Waals surface area contributed by atoms with E-state index in [0.29, 0.717) is 39.4 Å². The predicted octanol–water partition coefficient (Wildman–Crippen LogP) is 0.553. The first kappa shape index (κ1) is 15.6. The molecule has 1 heterocycles. The smallest absolute Gasteiger partial charge is 0.407 e.